The maximum Gasteiger partial charge on any atom is 0.0114 e. The third-order valence-corrected chi connectivity index (χ3v) is 3.94. The molecule has 0 spiro atoms. The zero-order valence-electron chi connectivity index (χ0n) is 11.5. The second-order valence-corrected chi connectivity index (χ2v) is 5.38. The van der Waals surface area contributed by atoms with E-state index in [2.05, 4.69) is 31.1 Å². The normalized spacial score (nSPS) is 27.2. The summed E-state index contributed by atoms with van der Waals surface area (Å²) in [6.45, 7) is 8.57. The van der Waals surface area contributed by atoms with Gasteiger partial charge in [-0.3, -0.25) is 0 Å². The summed E-state index contributed by atoms with van der Waals surface area (Å²) in [6, 6.07) is 0.747. The Morgan fingerprint density at radius 3 is 2.56 bits per heavy atom. The highest BCUT2D eigenvalue weighted by Crippen LogP contribution is 2.17. The van der Waals surface area contributed by atoms with Crippen LogP contribution < -0.4 is 5.32 Å². The van der Waals surface area contributed by atoms with Crippen molar-refractivity contribution in [3.8, 4) is 0 Å². The van der Waals surface area contributed by atoms with Gasteiger partial charge >= 0.3 is 0 Å². The van der Waals surface area contributed by atoms with Crippen molar-refractivity contribution in [2.75, 3.05) is 26.7 Å². The van der Waals surface area contributed by atoms with Crippen molar-refractivity contribution in [2.45, 2.75) is 58.4 Å². The Morgan fingerprint density at radius 2 is 1.94 bits per heavy atom. The summed E-state index contributed by atoms with van der Waals surface area (Å²) < 4.78 is 0. The minimum Gasteiger partial charge on any atom is -0.317 e. The van der Waals surface area contributed by atoms with Gasteiger partial charge in [-0.25, -0.2) is 0 Å². The quantitative estimate of drug-likeness (QED) is 0.672. The Kier molecular flexibility index (Phi) is 7.06. The van der Waals surface area contributed by atoms with E-state index in [1.807, 2.05) is 0 Å². The van der Waals surface area contributed by atoms with Crippen LogP contribution in [0.1, 0.15) is 52.4 Å². The average molecular weight is 226 g/mol. The van der Waals surface area contributed by atoms with Crippen LogP contribution in [-0.2, 0) is 0 Å². The highest BCUT2D eigenvalue weighted by Gasteiger charge is 2.23. The van der Waals surface area contributed by atoms with Crippen LogP contribution in [0.25, 0.3) is 0 Å². The maximum absolute atomic E-state index is 3.43. The summed E-state index contributed by atoms with van der Waals surface area (Å²) in [6.07, 6.45) is 8.35. The minimum atomic E-state index is 0.747. The molecule has 2 unspecified atom stereocenters. The van der Waals surface area contributed by atoms with Crippen LogP contribution in [0.3, 0.4) is 0 Å². The third-order valence-electron chi connectivity index (χ3n) is 3.94. The first kappa shape index (κ1) is 14.0. The van der Waals surface area contributed by atoms with Gasteiger partial charge in [0.1, 0.15) is 0 Å². The van der Waals surface area contributed by atoms with Gasteiger partial charge in [0.2, 0.25) is 0 Å². The van der Waals surface area contributed by atoms with Gasteiger partial charge in [0, 0.05) is 12.6 Å². The van der Waals surface area contributed by atoms with Gasteiger partial charge < -0.3 is 10.2 Å². The zero-order chi connectivity index (χ0) is 11.8. The number of nitrogens with zero attached hydrogens (tertiary/aromatic N) is 1. The van der Waals surface area contributed by atoms with E-state index in [1.54, 1.807) is 0 Å². The van der Waals surface area contributed by atoms with Gasteiger partial charge in [-0.05, 0) is 38.9 Å². The number of hydrogen-bond acceptors (Lipinski definition) is 2. The summed E-state index contributed by atoms with van der Waals surface area (Å²) in [7, 11) is 2.10. The molecular weight excluding hydrogens is 196 g/mol. The van der Waals surface area contributed by atoms with Crippen LogP contribution in [-0.4, -0.2) is 37.6 Å². The zero-order valence-corrected chi connectivity index (χ0v) is 11.5. The molecule has 0 saturated carbocycles. The van der Waals surface area contributed by atoms with Crippen molar-refractivity contribution < 1.29 is 0 Å². The lowest BCUT2D eigenvalue weighted by atomic mass is 9.94. The second-order valence-electron chi connectivity index (χ2n) is 5.38. The van der Waals surface area contributed by atoms with Gasteiger partial charge in [0.05, 0.1) is 0 Å². The van der Waals surface area contributed by atoms with Crippen molar-refractivity contribution in [2.24, 2.45) is 5.92 Å². The van der Waals surface area contributed by atoms with Gasteiger partial charge in [-0.1, -0.05) is 39.5 Å². The summed E-state index contributed by atoms with van der Waals surface area (Å²) in [4.78, 5) is 2.66. The van der Waals surface area contributed by atoms with Gasteiger partial charge in [0.25, 0.3) is 0 Å². The standard InChI is InChI=1S/C14H30N2/c1-4-5-6-7-8-10-16-11-9-14(15-3)13(2)12-16/h13-15H,4-12H2,1-3H3. The maximum atomic E-state index is 3.43. The lowest BCUT2D eigenvalue weighted by Crippen LogP contribution is -2.47. The molecule has 0 radical (unpaired) electrons. The summed E-state index contributed by atoms with van der Waals surface area (Å²) in [5, 5.41) is 3.43. The van der Waals surface area contributed by atoms with E-state index < -0.39 is 0 Å². The fourth-order valence-corrected chi connectivity index (χ4v) is 2.80. The molecule has 16 heavy (non-hydrogen) atoms. The highest BCUT2D eigenvalue weighted by molar-refractivity contribution is 4.81. The predicted octanol–water partition coefficient (Wildman–Crippen LogP) is 2.89. The average Bonchev–Trinajstić information content (AvgIpc) is 2.29. The van der Waals surface area contributed by atoms with Crippen LogP contribution in [0.15, 0.2) is 0 Å². The van der Waals surface area contributed by atoms with E-state index in [1.165, 1.54) is 58.2 Å². The Labute approximate surface area is 102 Å². The van der Waals surface area contributed by atoms with Crippen LogP contribution in [0.5, 0.6) is 0 Å². The van der Waals surface area contributed by atoms with Crippen LogP contribution in [0, 0.1) is 5.92 Å². The van der Waals surface area contributed by atoms with E-state index in [-0.39, 0.29) is 0 Å². The van der Waals surface area contributed by atoms with Crippen molar-refractivity contribution in [1.29, 1.82) is 0 Å². The summed E-state index contributed by atoms with van der Waals surface area (Å²) >= 11 is 0. The fraction of sp³-hybridized carbons (Fsp3) is 1.00. The molecule has 2 atom stereocenters. The molecule has 1 aliphatic rings. The monoisotopic (exact) mass is 226 g/mol. The molecule has 1 heterocycles. The van der Waals surface area contributed by atoms with E-state index in [0.717, 1.165) is 12.0 Å². The van der Waals surface area contributed by atoms with Gasteiger partial charge in [-0.15, -0.1) is 0 Å². The van der Waals surface area contributed by atoms with Gasteiger partial charge in [-0.2, -0.15) is 0 Å². The molecule has 1 rings (SSSR count). The molecule has 1 fully saturated rings. The van der Waals surface area contributed by atoms with Gasteiger partial charge in [0.15, 0.2) is 0 Å². The number of nitrogens with one attached hydrogen (secondary N) is 1. The van der Waals surface area contributed by atoms with Crippen LogP contribution in [0.4, 0.5) is 0 Å². The van der Waals surface area contributed by atoms with Crippen LogP contribution in [0.2, 0.25) is 0 Å². The molecule has 0 amide bonds. The Morgan fingerprint density at radius 1 is 1.19 bits per heavy atom. The lowest BCUT2D eigenvalue weighted by Gasteiger charge is -2.36. The molecule has 0 aliphatic carbocycles. The second kappa shape index (κ2) is 8.08. The topological polar surface area (TPSA) is 15.3 Å². The largest absolute Gasteiger partial charge is 0.317 e. The first-order chi connectivity index (χ1) is 7.77. The number of likely N-dealkylation sites (tertiary alicyclic amines) is 1. The van der Waals surface area contributed by atoms with E-state index in [4.69, 9.17) is 0 Å². The highest BCUT2D eigenvalue weighted by atomic mass is 15.1. The van der Waals surface area contributed by atoms with Crippen molar-refractivity contribution in [3.05, 3.63) is 0 Å². The molecule has 1 aliphatic heterocycles. The molecule has 1 saturated heterocycles. The van der Waals surface area contributed by atoms with Crippen molar-refractivity contribution in [3.63, 3.8) is 0 Å². The lowest BCUT2D eigenvalue weighted by molar-refractivity contribution is 0.149. The first-order valence-corrected chi connectivity index (χ1v) is 7.17. The molecule has 0 bridgehead atoms. The molecule has 1 N–H and O–H groups in total. The van der Waals surface area contributed by atoms with Crippen molar-refractivity contribution >= 4 is 0 Å². The molecule has 0 aromatic rings. The summed E-state index contributed by atoms with van der Waals surface area (Å²) in [5.41, 5.74) is 0. The first-order valence-electron chi connectivity index (χ1n) is 7.17. The molecule has 0 aromatic heterocycles. The third kappa shape index (κ3) is 4.84. The Hall–Kier alpha value is -0.0800. The fourth-order valence-electron chi connectivity index (χ4n) is 2.80. The smallest absolute Gasteiger partial charge is 0.0114 e. The van der Waals surface area contributed by atoms with E-state index >= 15 is 0 Å². The van der Waals surface area contributed by atoms with Crippen molar-refractivity contribution in [1.82, 2.24) is 10.2 Å². The van der Waals surface area contributed by atoms with E-state index in [0.29, 0.717) is 0 Å². The molecular formula is C14H30N2. The Bertz CT molecular complexity index is 170. The number of piperidine rings is 1. The van der Waals surface area contributed by atoms with E-state index in [9.17, 15) is 0 Å². The molecule has 2 nitrogen and oxygen atoms in total. The predicted molar refractivity (Wildman–Crippen MR) is 71.8 cm³/mol. The van der Waals surface area contributed by atoms with Crippen LogP contribution >= 0.6 is 0 Å². The number of rotatable bonds is 7. The SMILES string of the molecule is CCCCCCCN1CCC(NC)C(C)C1. The number of unbranched alkanes of at least 4 members (excludes halogenated alkanes) is 4. The molecule has 96 valence electrons. The summed E-state index contributed by atoms with van der Waals surface area (Å²) in [5.74, 6) is 0.814. The molecule has 0 aromatic carbocycles. The minimum absolute atomic E-state index is 0.747. The Balaban J connectivity index is 2.06. The number of hydrogen-bond donors (Lipinski definition) is 1. The molecule has 2 heteroatoms.